The molecule has 3 nitrogen and oxygen atoms in total. The Labute approximate surface area is 131 Å². The molecule has 0 spiro atoms. The standard InChI is InChI=1S/C14H8BrN3S2/c15-13-17-18-8-10(16-14(18)20-13)12-7-6-11(19-12)9-4-2-1-3-5-9/h1-8H. The van der Waals surface area contributed by atoms with Gasteiger partial charge in [-0.3, -0.25) is 0 Å². The molecule has 20 heavy (non-hydrogen) atoms. The summed E-state index contributed by atoms with van der Waals surface area (Å²) in [5.74, 6) is 0. The van der Waals surface area contributed by atoms with E-state index in [-0.39, 0.29) is 0 Å². The molecule has 0 fully saturated rings. The van der Waals surface area contributed by atoms with Crippen molar-refractivity contribution in [1.82, 2.24) is 14.6 Å². The zero-order valence-electron chi connectivity index (χ0n) is 10.2. The van der Waals surface area contributed by atoms with Crippen LogP contribution in [0.25, 0.3) is 26.0 Å². The summed E-state index contributed by atoms with van der Waals surface area (Å²) in [4.78, 5) is 7.93. The second kappa shape index (κ2) is 4.80. The van der Waals surface area contributed by atoms with E-state index in [0.29, 0.717) is 0 Å². The number of imidazole rings is 1. The van der Waals surface area contributed by atoms with Crippen molar-refractivity contribution in [3.63, 3.8) is 0 Å². The minimum atomic E-state index is 0.850. The second-order valence-electron chi connectivity index (χ2n) is 4.24. The normalized spacial score (nSPS) is 11.2. The fourth-order valence-electron chi connectivity index (χ4n) is 2.03. The number of fused-ring (bicyclic) bond motifs is 1. The topological polar surface area (TPSA) is 30.2 Å². The van der Waals surface area contributed by atoms with Crippen molar-refractivity contribution in [2.75, 3.05) is 0 Å². The maximum absolute atomic E-state index is 4.61. The molecule has 98 valence electrons. The largest absolute Gasteiger partial charge is 0.217 e. The summed E-state index contributed by atoms with van der Waals surface area (Å²) >= 11 is 6.65. The van der Waals surface area contributed by atoms with E-state index in [2.05, 4.69) is 62.4 Å². The van der Waals surface area contributed by atoms with Gasteiger partial charge >= 0.3 is 0 Å². The van der Waals surface area contributed by atoms with Crippen LogP contribution in [0.5, 0.6) is 0 Å². The predicted molar refractivity (Wildman–Crippen MR) is 87.3 cm³/mol. The van der Waals surface area contributed by atoms with Crippen molar-refractivity contribution in [2.45, 2.75) is 0 Å². The lowest BCUT2D eigenvalue weighted by atomic mass is 10.2. The summed E-state index contributed by atoms with van der Waals surface area (Å²) in [6.07, 6.45) is 1.97. The fourth-order valence-corrected chi connectivity index (χ4v) is 4.21. The monoisotopic (exact) mass is 361 g/mol. The van der Waals surface area contributed by atoms with Crippen LogP contribution in [0.15, 0.2) is 52.6 Å². The molecule has 6 heteroatoms. The smallest absolute Gasteiger partial charge is 0.213 e. The molecule has 0 bridgehead atoms. The van der Waals surface area contributed by atoms with E-state index in [4.69, 9.17) is 0 Å². The summed E-state index contributed by atoms with van der Waals surface area (Å²) in [6.45, 7) is 0. The molecule has 4 rings (SSSR count). The molecular formula is C14H8BrN3S2. The number of hydrogen-bond acceptors (Lipinski definition) is 4. The van der Waals surface area contributed by atoms with Crippen molar-refractivity contribution in [3.05, 3.63) is 52.6 Å². The molecule has 0 aliphatic carbocycles. The van der Waals surface area contributed by atoms with Gasteiger partial charge < -0.3 is 0 Å². The molecule has 0 saturated heterocycles. The molecule has 4 aromatic rings. The number of benzene rings is 1. The van der Waals surface area contributed by atoms with Gasteiger partial charge in [0.1, 0.15) is 5.69 Å². The molecule has 0 radical (unpaired) electrons. The highest BCUT2D eigenvalue weighted by atomic mass is 79.9. The summed E-state index contributed by atoms with van der Waals surface area (Å²) in [7, 11) is 0. The highest BCUT2D eigenvalue weighted by molar-refractivity contribution is 9.11. The molecule has 3 heterocycles. The van der Waals surface area contributed by atoms with Gasteiger partial charge in [-0.1, -0.05) is 41.7 Å². The van der Waals surface area contributed by atoms with E-state index < -0.39 is 0 Å². The van der Waals surface area contributed by atoms with E-state index in [1.807, 2.05) is 16.8 Å². The van der Waals surface area contributed by atoms with Crippen LogP contribution in [0.1, 0.15) is 0 Å². The number of aromatic nitrogens is 3. The molecule has 0 N–H and O–H groups in total. The van der Waals surface area contributed by atoms with Crippen LogP contribution in [-0.2, 0) is 0 Å². The van der Waals surface area contributed by atoms with Gasteiger partial charge in [0, 0.05) is 4.88 Å². The van der Waals surface area contributed by atoms with E-state index in [0.717, 1.165) is 19.4 Å². The number of rotatable bonds is 2. The molecule has 3 aromatic heterocycles. The molecule has 0 saturated carbocycles. The van der Waals surface area contributed by atoms with Gasteiger partial charge in [-0.25, -0.2) is 9.50 Å². The lowest BCUT2D eigenvalue weighted by molar-refractivity contribution is 0.959. The van der Waals surface area contributed by atoms with Gasteiger partial charge in [0.2, 0.25) is 4.96 Å². The van der Waals surface area contributed by atoms with Crippen LogP contribution < -0.4 is 0 Å². The maximum atomic E-state index is 4.61. The van der Waals surface area contributed by atoms with Crippen molar-refractivity contribution in [3.8, 4) is 21.0 Å². The average Bonchev–Trinajstić information content (AvgIpc) is 3.12. The van der Waals surface area contributed by atoms with Crippen LogP contribution in [0, 0.1) is 0 Å². The summed E-state index contributed by atoms with van der Waals surface area (Å²) in [5, 5.41) is 4.32. The average molecular weight is 362 g/mol. The predicted octanol–water partition coefficient (Wildman–Crippen LogP) is 4.95. The first kappa shape index (κ1) is 12.3. The molecule has 0 aliphatic rings. The molecule has 0 atom stereocenters. The minimum Gasteiger partial charge on any atom is -0.217 e. The molecule has 0 aliphatic heterocycles. The number of hydrogen-bond donors (Lipinski definition) is 0. The Balaban J connectivity index is 1.75. The van der Waals surface area contributed by atoms with E-state index in [1.54, 1.807) is 11.3 Å². The van der Waals surface area contributed by atoms with Crippen LogP contribution in [0.4, 0.5) is 0 Å². The third-order valence-corrected chi connectivity index (χ3v) is 5.45. The Hall–Kier alpha value is -1.50. The number of nitrogens with zero attached hydrogens (tertiary/aromatic N) is 3. The first-order valence-corrected chi connectivity index (χ1v) is 8.39. The third-order valence-electron chi connectivity index (χ3n) is 2.94. The van der Waals surface area contributed by atoms with Crippen LogP contribution in [0.2, 0.25) is 0 Å². The zero-order valence-corrected chi connectivity index (χ0v) is 13.4. The first-order chi connectivity index (χ1) is 9.79. The summed E-state index contributed by atoms with van der Waals surface area (Å²) in [6, 6.07) is 14.7. The third kappa shape index (κ3) is 2.09. The van der Waals surface area contributed by atoms with Gasteiger partial charge in [-0.15, -0.1) is 16.4 Å². The van der Waals surface area contributed by atoms with Gasteiger partial charge in [0.05, 0.1) is 11.1 Å². The lowest BCUT2D eigenvalue weighted by Crippen LogP contribution is -1.77. The van der Waals surface area contributed by atoms with Gasteiger partial charge in [-0.05, 0) is 33.6 Å². The Bertz CT molecular complexity index is 845. The number of thiophene rings is 1. The minimum absolute atomic E-state index is 0.850. The Morgan fingerprint density at radius 3 is 2.55 bits per heavy atom. The summed E-state index contributed by atoms with van der Waals surface area (Å²) in [5.41, 5.74) is 2.22. The quantitative estimate of drug-likeness (QED) is 0.505. The Morgan fingerprint density at radius 1 is 0.950 bits per heavy atom. The van der Waals surface area contributed by atoms with Crippen LogP contribution in [-0.4, -0.2) is 14.6 Å². The lowest BCUT2D eigenvalue weighted by Gasteiger charge is -1.94. The SMILES string of the molecule is Brc1nn2cc(-c3ccc(-c4ccccc4)s3)nc2s1. The van der Waals surface area contributed by atoms with Crippen molar-refractivity contribution >= 4 is 43.6 Å². The molecule has 0 unspecified atom stereocenters. The van der Waals surface area contributed by atoms with Gasteiger partial charge in [-0.2, -0.15) is 0 Å². The van der Waals surface area contributed by atoms with Crippen molar-refractivity contribution < 1.29 is 0 Å². The van der Waals surface area contributed by atoms with E-state index in [1.165, 1.54) is 21.8 Å². The fraction of sp³-hybridized carbons (Fsp3) is 0. The van der Waals surface area contributed by atoms with Crippen LogP contribution >= 0.6 is 38.6 Å². The highest BCUT2D eigenvalue weighted by Gasteiger charge is 2.11. The highest BCUT2D eigenvalue weighted by Crippen LogP contribution is 2.34. The van der Waals surface area contributed by atoms with Gasteiger partial charge in [0.25, 0.3) is 0 Å². The van der Waals surface area contributed by atoms with Crippen molar-refractivity contribution in [1.29, 1.82) is 0 Å². The number of halogens is 1. The second-order valence-corrected chi connectivity index (χ2v) is 7.55. The first-order valence-electron chi connectivity index (χ1n) is 5.97. The summed E-state index contributed by atoms with van der Waals surface area (Å²) < 4.78 is 2.66. The Morgan fingerprint density at radius 2 is 1.75 bits per heavy atom. The van der Waals surface area contributed by atoms with Crippen molar-refractivity contribution in [2.24, 2.45) is 0 Å². The molecule has 0 amide bonds. The van der Waals surface area contributed by atoms with Gasteiger partial charge in [0.15, 0.2) is 3.92 Å². The molecule has 1 aromatic carbocycles. The molecular weight excluding hydrogens is 354 g/mol. The van der Waals surface area contributed by atoms with E-state index in [9.17, 15) is 0 Å². The Kier molecular flexibility index (Phi) is 2.94. The maximum Gasteiger partial charge on any atom is 0.213 e. The van der Waals surface area contributed by atoms with E-state index >= 15 is 0 Å². The van der Waals surface area contributed by atoms with Crippen LogP contribution in [0.3, 0.4) is 0 Å². The zero-order chi connectivity index (χ0) is 13.5.